The zero-order chi connectivity index (χ0) is 13.4. The quantitative estimate of drug-likeness (QED) is 0.614. The maximum absolute atomic E-state index is 11.8. The number of carbonyl (C=O) groups is 1. The van der Waals surface area contributed by atoms with Gasteiger partial charge >= 0.3 is 0 Å². The van der Waals surface area contributed by atoms with E-state index in [4.69, 9.17) is 16.3 Å². The minimum atomic E-state index is -0.147. The molecule has 0 aliphatic rings. The van der Waals surface area contributed by atoms with E-state index in [0.29, 0.717) is 34.8 Å². The molecule has 0 saturated heterocycles. The first-order chi connectivity index (χ1) is 8.65. The van der Waals surface area contributed by atoms with Crippen LogP contribution in [0.3, 0.4) is 0 Å². The normalized spacial score (nSPS) is 10.1. The van der Waals surface area contributed by atoms with Crippen molar-refractivity contribution < 1.29 is 9.53 Å². The monoisotopic (exact) mass is 331 g/mol. The van der Waals surface area contributed by atoms with E-state index in [-0.39, 0.29) is 5.91 Å². The highest BCUT2D eigenvalue weighted by Gasteiger charge is 2.09. The van der Waals surface area contributed by atoms with Gasteiger partial charge in [0, 0.05) is 16.0 Å². The van der Waals surface area contributed by atoms with Crippen LogP contribution in [0.15, 0.2) is 35.3 Å². The smallest absolute Gasteiger partial charge is 0.252 e. The number of hydrogen-bond donors (Lipinski definition) is 1. The lowest BCUT2D eigenvalue weighted by atomic mass is 10.2. The van der Waals surface area contributed by atoms with E-state index in [1.54, 1.807) is 24.3 Å². The number of nitrogens with one attached hydrogen (secondary N) is 1. The second-order valence-electron chi connectivity index (χ2n) is 3.57. The molecular formula is C13H15BrClNO2. The largest absolute Gasteiger partial charge is 0.379 e. The Bertz CT molecular complexity index is 423. The summed E-state index contributed by atoms with van der Waals surface area (Å²) in [5, 5.41) is 3.36. The summed E-state index contributed by atoms with van der Waals surface area (Å²) in [6.07, 6.45) is 2.61. The van der Waals surface area contributed by atoms with Crippen LogP contribution in [0.5, 0.6) is 0 Å². The molecule has 0 atom stereocenters. The molecule has 0 spiro atoms. The van der Waals surface area contributed by atoms with E-state index >= 15 is 0 Å². The maximum Gasteiger partial charge on any atom is 0.252 e. The molecule has 0 fully saturated rings. The van der Waals surface area contributed by atoms with Gasteiger partial charge in [-0.15, -0.1) is 6.58 Å². The topological polar surface area (TPSA) is 38.3 Å². The molecule has 0 radical (unpaired) electrons. The van der Waals surface area contributed by atoms with E-state index in [0.717, 1.165) is 6.42 Å². The lowest BCUT2D eigenvalue weighted by Crippen LogP contribution is -2.27. The number of hydrogen-bond acceptors (Lipinski definition) is 2. The first kappa shape index (κ1) is 15.2. The standard InChI is InChI=1S/C13H15BrClNO2/c1-2-3-7-18-8-6-16-13(17)11-5-4-10(15)9-12(11)14/h2,4-5,9H,1,3,6-8H2,(H,16,17). The van der Waals surface area contributed by atoms with E-state index in [9.17, 15) is 4.79 Å². The Balaban J connectivity index is 2.34. The number of rotatable bonds is 7. The first-order valence-electron chi connectivity index (χ1n) is 5.57. The molecule has 0 heterocycles. The van der Waals surface area contributed by atoms with Crippen LogP contribution in [0.25, 0.3) is 0 Å². The molecule has 3 nitrogen and oxygen atoms in total. The molecule has 0 unspecified atom stereocenters. The van der Waals surface area contributed by atoms with Gasteiger partial charge in [0.05, 0.1) is 18.8 Å². The van der Waals surface area contributed by atoms with Crippen LogP contribution in [-0.4, -0.2) is 25.7 Å². The van der Waals surface area contributed by atoms with Gasteiger partial charge in [0.1, 0.15) is 0 Å². The lowest BCUT2D eigenvalue weighted by molar-refractivity contribution is 0.0917. The first-order valence-corrected chi connectivity index (χ1v) is 6.74. The van der Waals surface area contributed by atoms with Gasteiger partial charge in [0.25, 0.3) is 5.91 Å². The van der Waals surface area contributed by atoms with Gasteiger partial charge in [0.15, 0.2) is 0 Å². The summed E-state index contributed by atoms with van der Waals surface area (Å²) in [6.45, 7) is 5.19. The number of amides is 1. The summed E-state index contributed by atoms with van der Waals surface area (Å²) in [5.41, 5.74) is 0.561. The van der Waals surface area contributed by atoms with Crippen molar-refractivity contribution in [2.75, 3.05) is 19.8 Å². The molecule has 1 aromatic rings. The molecule has 1 N–H and O–H groups in total. The zero-order valence-corrected chi connectivity index (χ0v) is 12.3. The Morgan fingerprint density at radius 1 is 1.50 bits per heavy atom. The fourth-order valence-corrected chi connectivity index (χ4v) is 2.14. The van der Waals surface area contributed by atoms with Gasteiger partial charge < -0.3 is 10.1 Å². The van der Waals surface area contributed by atoms with E-state index < -0.39 is 0 Å². The van der Waals surface area contributed by atoms with E-state index in [2.05, 4.69) is 27.8 Å². The number of carbonyl (C=O) groups excluding carboxylic acids is 1. The van der Waals surface area contributed by atoms with Crippen molar-refractivity contribution in [2.45, 2.75) is 6.42 Å². The third-order valence-corrected chi connectivity index (χ3v) is 3.07. The highest BCUT2D eigenvalue weighted by Crippen LogP contribution is 2.21. The maximum atomic E-state index is 11.8. The molecular weight excluding hydrogens is 318 g/mol. The van der Waals surface area contributed by atoms with Crippen molar-refractivity contribution in [3.63, 3.8) is 0 Å². The van der Waals surface area contributed by atoms with Crippen LogP contribution >= 0.6 is 27.5 Å². The molecule has 0 saturated carbocycles. The van der Waals surface area contributed by atoms with Gasteiger partial charge in [-0.1, -0.05) is 17.7 Å². The number of ether oxygens (including phenoxy) is 1. The predicted octanol–water partition coefficient (Wildman–Crippen LogP) is 3.43. The van der Waals surface area contributed by atoms with Crippen molar-refractivity contribution in [1.82, 2.24) is 5.32 Å². The fourth-order valence-electron chi connectivity index (χ4n) is 1.27. The predicted molar refractivity (Wildman–Crippen MR) is 77.1 cm³/mol. The minimum absolute atomic E-state index is 0.147. The summed E-state index contributed by atoms with van der Waals surface area (Å²) in [6, 6.07) is 5.05. The van der Waals surface area contributed by atoms with Crippen LogP contribution in [-0.2, 0) is 4.74 Å². The third kappa shape index (κ3) is 5.21. The number of halogens is 2. The Kier molecular flexibility index (Phi) is 7.01. The average Bonchev–Trinajstić information content (AvgIpc) is 2.33. The molecule has 18 heavy (non-hydrogen) atoms. The van der Waals surface area contributed by atoms with Crippen molar-refractivity contribution in [1.29, 1.82) is 0 Å². The fraction of sp³-hybridized carbons (Fsp3) is 0.308. The second-order valence-corrected chi connectivity index (χ2v) is 4.86. The van der Waals surface area contributed by atoms with Crippen LogP contribution in [0, 0.1) is 0 Å². The summed E-state index contributed by atoms with van der Waals surface area (Å²) in [4.78, 5) is 11.8. The van der Waals surface area contributed by atoms with Crippen LogP contribution in [0.1, 0.15) is 16.8 Å². The van der Waals surface area contributed by atoms with Gasteiger partial charge in [-0.3, -0.25) is 4.79 Å². The van der Waals surface area contributed by atoms with Crippen molar-refractivity contribution >= 4 is 33.4 Å². The Morgan fingerprint density at radius 3 is 2.94 bits per heavy atom. The number of benzene rings is 1. The van der Waals surface area contributed by atoms with Crippen LogP contribution in [0.2, 0.25) is 5.02 Å². The Morgan fingerprint density at radius 2 is 2.28 bits per heavy atom. The molecule has 0 bridgehead atoms. The molecule has 0 aliphatic carbocycles. The summed E-state index contributed by atoms with van der Waals surface area (Å²) >= 11 is 9.11. The molecule has 0 aromatic heterocycles. The lowest BCUT2D eigenvalue weighted by Gasteiger charge is -2.07. The molecule has 5 heteroatoms. The third-order valence-electron chi connectivity index (χ3n) is 2.17. The van der Waals surface area contributed by atoms with Crippen molar-refractivity contribution in [3.05, 3.63) is 45.9 Å². The molecule has 98 valence electrons. The molecule has 0 aliphatic heterocycles. The van der Waals surface area contributed by atoms with E-state index in [1.165, 1.54) is 0 Å². The Labute approximate surface area is 120 Å². The van der Waals surface area contributed by atoms with Gasteiger partial charge in [-0.2, -0.15) is 0 Å². The second kappa shape index (κ2) is 8.29. The van der Waals surface area contributed by atoms with Crippen LogP contribution in [0.4, 0.5) is 0 Å². The SMILES string of the molecule is C=CCCOCCNC(=O)c1ccc(Cl)cc1Br. The van der Waals surface area contributed by atoms with Crippen molar-refractivity contribution in [3.8, 4) is 0 Å². The summed E-state index contributed by atoms with van der Waals surface area (Å²) < 4.78 is 5.97. The highest BCUT2D eigenvalue weighted by molar-refractivity contribution is 9.10. The molecule has 1 rings (SSSR count). The highest BCUT2D eigenvalue weighted by atomic mass is 79.9. The zero-order valence-electron chi connectivity index (χ0n) is 9.92. The van der Waals surface area contributed by atoms with Crippen LogP contribution < -0.4 is 5.32 Å². The summed E-state index contributed by atoms with van der Waals surface area (Å²) in [7, 11) is 0. The molecule has 1 aromatic carbocycles. The van der Waals surface area contributed by atoms with Gasteiger partial charge in [-0.05, 0) is 40.5 Å². The minimum Gasteiger partial charge on any atom is -0.379 e. The van der Waals surface area contributed by atoms with Gasteiger partial charge in [0.2, 0.25) is 0 Å². The molecule has 1 amide bonds. The summed E-state index contributed by atoms with van der Waals surface area (Å²) in [5.74, 6) is -0.147. The van der Waals surface area contributed by atoms with Gasteiger partial charge in [-0.25, -0.2) is 0 Å². The Hall–Kier alpha value is -0.840. The average molecular weight is 333 g/mol. The van der Waals surface area contributed by atoms with Crippen molar-refractivity contribution in [2.24, 2.45) is 0 Å². The van der Waals surface area contributed by atoms with E-state index in [1.807, 2.05) is 0 Å².